The van der Waals surface area contributed by atoms with Crippen LogP contribution in [0.3, 0.4) is 0 Å². The van der Waals surface area contributed by atoms with Gasteiger partial charge in [-0.3, -0.25) is 33.2 Å². The van der Waals surface area contributed by atoms with Gasteiger partial charge < -0.3 is 40.2 Å². The van der Waals surface area contributed by atoms with E-state index in [4.69, 9.17) is 0 Å². The van der Waals surface area contributed by atoms with Gasteiger partial charge in [0.15, 0.2) is 5.82 Å². The van der Waals surface area contributed by atoms with E-state index in [0.717, 1.165) is 69.5 Å². The molecule has 24 heteroatoms. The molecule has 3 amide bonds. The van der Waals surface area contributed by atoms with Crippen molar-refractivity contribution in [3.63, 3.8) is 0 Å². The fourth-order valence-corrected chi connectivity index (χ4v) is 13.5. The van der Waals surface area contributed by atoms with Crippen molar-refractivity contribution < 1.29 is 51.3 Å². The number of hydrazine groups is 1. The minimum absolute atomic E-state index is 0.0226. The fraction of sp³-hybridized carbons (Fsp3) is 0.467. The highest BCUT2D eigenvalue weighted by Gasteiger charge is 2.45. The average molecular weight is 1200 g/mol. The number of piperidine rings is 1. The number of aryl methyl sites for hydroxylation is 1. The lowest BCUT2D eigenvalue weighted by atomic mass is 9.85. The first-order valence-electron chi connectivity index (χ1n) is 28.4. The Kier molecular flexibility index (Phi) is 18.4. The third-order valence-electron chi connectivity index (χ3n) is 16.8. The number of nitrogens with zero attached hydrogens (tertiary/aromatic N) is 8. The molecule has 19 nitrogen and oxygen atoms in total. The molecule has 5 N–H and O–H groups in total. The van der Waals surface area contributed by atoms with Crippen LogP contribution in [0.4, 0.5) is 24.5 Å². The maximum atomic E-state index is 16.1. The molecule has 0 aliphatic carbocycles. The number of halogens is 3. The molecule has 7 atom stereocenters. The van der Waals surface area contributed by atoms with E-state index in [1.165, 1.54) is 11.1 Å². The van der Waals surface area contributed by atoms with E-state index in [0.29, 0.717) is 48.6 Å². The SMILES string of the molecule is Cc1ncsc1-c1ccc([C@H](C)NC(=O)[C@@H]2C[C@@H](O)CN2C(=O)[C@@H](NC(=O)CN2CCC(CN3CCN(c4ccc(-c5cnc6[nH]cc(C(=O)c7c(F)ccc(N(N8CC[C@@H](F)C8)S(=O)[O-])c7F)c6c5)cc4)C[C@H]3CO)CC2)C(C)(C)C)cc1. The van der Waals surface area contributed by atoms with Gasteiger partial charge in [-0.25, -0.2) is 32.6 Å². The predicted molar refractivity (Wildman–Crippen MR) is 314 cm³/mol. The van der Waals surface area contributed by atoms with E-state index in [-0.39, 0.29) is 86.1 Å². The summed E-state index contributed by atoms with van der Waals surface area (Å²) in [5, 5.41) is 28.9. The van der Waals surface area contributed by atoms with E-state index in [9.17, 15) is 42.5 Å². The second-order valence-corrected chi connectivity index (χ2v) is 25.3. The van der Waals surface area contributed by atoms with Crippen LogP contribution in [0.25, 0.3) is 32.6 Å². The number of β-amino-alcohol motifs (C(OH)–C–C–N with tert-alkyl or cyclic N) is 1. The number of rotatable bonds is 18. The third-order valence-corrected chi connectivity index (χ3v) is 18.5. The number of aromatic amines is 1. The molecule has 4 saturated heterocycles. The Bertz CT molecular complexity index is 3390. The smallest absolute Gasteiger partial charge is 0.246 e. The number of H-pyrrole nitrogens is 1. The molecule has 7 heterocycles. The van der Waals surface area contributed by atoms with E-state index < -0.39 is 75.6 Å². The van der Waals surface area contributed by atoms with Crippen LogP contribution in [0.1, 0.15) is 86.6 Å². The number of anilines is 2. The normalized spacial score (nSPS) is 21.4. The Morgan fingerprint density at radius 1 is 0.917 bits per heavy atom. The predicted octanol–water partition coefficient (Wildman–Crippen LogP) is 6.30. The number of nitrogens with one attached hydrogen (secondary N) is 3. The number of aliphatic hydroxyl groups is 2. The Hall–Kier alpha value is -6.64. The van der Waals surface area contributed by atoms with Crippen LogP contribution in [0.5, 0.6) is 0 Å². The molecule has 0 bridgehead atoms. The lowest BCUT2D eigenvalue weighted by molar-refractivity contribution is -0.144. The number of piperazine rings is 1. The largest absolute Gasteiger partial charge is 0.754 e. The number of aromatic nitrogens is 3. The summed E-state index contributed by atoms with van der Waals surface area (Å²) in [6.45, 7) is 13.3. The number of pyridine rings is 1. The molecule has 3 aromatic heterocycles. The molecule has 4 aliphatic rings. The Balaban J connectivity index is 0.706. The maximum absolute atomic E-state index is 16.1. The van der Waals surface area contributed by atoms with E-state index >= 15 is 8.78 Å². The van der Waals surface area contributed by atoms with Crippen molar-refractivity contribution in [1.29, 1.82) is 0 Å². The van der Waals surface area contributed by atoms with E-state index in [1.807, 2.05) is 88.7 Å². The van der Waals surface area contributed by atoms with Crippen molar-refractivity contribution >= 4 is 68.5 Å². The van der Waals surface area contributed by atoms with Crippen molar-refractivity contribution in [3.05, 3.63) is 119 Å². The molecule has 0 saturated carbocycles. The summed E-state index contributed by atoms with van der Waals surface area (Å²) in [5.41, 5.74) is 4.93. The highest BCUT2D eigenvalue weighted by molar-refractivity contribution is 7.80. The van der Waals surface area contributed by atoms with Gasteiger partial charge in [-0.15, -0.1) is 11.3 Å². The first kappa shape index (κ1) is 60.5. The lowest BCUT2D eigenvalue weighted by Crippen LogP contribution is -2.59. The summed E-state index contributed by atoms with van der Waals surface area (Å²) in [7, 11) is 0. The monoisotopic (exact) mass is 1190 g/mol. The summed E-state index contributed by atoms with van der Waals surface area (Å²) in [6.07, 6.45) is 2.47. The summed E-state index contributed by atoms with van der Waals surface area (Å²) >= 11 is -1.53. The van der Waals surface area contributed by atoms with Crippen molar-refractivity contribution in [2.75, 3.05) is 81.4 Å². The molecule has 84 heavy (non-hydrogen) atoms. The number of carbonyl (C=O) groups excluding carboxylic acids is 4. The quantitative estimate of drug-likeness (QED) is 0.0470. The average Bonchev–Trinajstić information content (AvgIpc) is 3.39. The summed E-state index contributed by atoms with van der Waals surface area (Å²) < 4.78 is 70.5. The lowest BCUT2D eigenvalue weighted by Gasteiger charge is -2.44. The second kappa shape index (κ2) is 25.5. The van der Waals surface area contributed by atoms with Crippen molar-refractivity contribution in [2.45, 2.75) is 96.7 Å². The zero-order chi connectivity index (χ0) is 59.7. The molecule has 448 valence electrons. The number of hydrogen-bond donors (Lipinski definition) is 5. The molecule has 4 fully saturated rings. The van der Waals surface area contributed by atoms with Crippen LogP contribution in [-0.2, 0) is 25.7 Å². The van der Waals surface area contributed by atoms with Gasteiger partial charge in [-0.1, -0.05) is 57.2 Å². The van der Waals surface area contributed by atoms with E-state index in [1.54, 1.807) is 23.6 Å². The van der Waals surface area contributed by atoms with Gasteiger partial charge >= 0.3 is 0 Å². The minimum atomic E-state index is -3.10. The first-order valence-corrected chi connectivity index (χ1v) is 30.4. The van der Waals surface area contributed by atoms with Gasteiger partial charge in [0.1, 0.15) is 35.4 Å². The number of hydrogen-bond acceptors (Lipinski definition) is 15. The fourth-order valence-electron chi connectivity index (χ4n) is 12.1. The number of fused-ring (bicyclic) bond motifs is 1. The van der Waals surface area contributed by atoms with Crippen LogP contribution in [0.15, 0.2) is 84.6 Å². The van der Waals surface area contributed by atoms with Crippen LogP contribution >= 0.6 is 11.3 Å². The minimum Gasteiger partial charge on any atom is -0.754 e. The molecule has 4 aliphatic heterocycles. The van der Waals surface area contributed by atoms with Gasteiger partial charge in [0, 0.05) is 80.3 Å². The third kappa shape index (κ3) is 13.1. The number of aliphatic hydroxyl groups excluding tert-OH is 2. The molecule has 10 rings (SSSR count). The van der Waals surface area contributed by atoms with Crippen molar-refractivity contribution in [2.24, 2.45) is 11.3 Å². The van der Waals surface area contributed by atoms with Crippen LogP contribution in [-0.4, -0.2) is 180 Å². The molecule has 0 radical (unpaired) electrons. The summed E-state index contributed by atoms with van der Waals surface area (Å²) in [5.74, 6) is -4.38. The highest BCUT2D eigenvalue weighted by atomic mass is 32.2. The molecular formula is C60H71F3N11O8S2-. The van der Waals surface area contributed by atoms with Gasteiger partial charge in [-0.05, 0) is 105 Å². The number of benzene rings is 3. The Morgan fingerprint density at radius 2 is 1.64 bits per heavy atom. The van der Waals surface area contributed by atoms with Crippen LogP contribution in [0, 0.1) is 29.9 Å². The summed E-state index contributed by atoms with van der Waals surface area (Å²) in [6, 6.07) is 16.7. The first-order chi connectivity index (χ1) is 40.1. The number of carbonyl (C=O) groups is 4. The standard InChI is InChI=1S/C60H72F3N11O8S2/c1-35(38-6-8-40(9-7-38)55-36(2)66-34-83-55)67-58(79)50-25-45(76)31-73(50)59(80)56(60(3,4)5)68-51(77)32-69-19-16-37(17-20-69)28-70-22-23-71(30-44(70)33-75)43-12-10-39(11-13-43)41-24-46-47(27-65-57(46)64-26-41)54(78)52-48(62)14-15-49(53(52)63)74(84(81)82)72-21-18-42(61)29-72/h6-15,24,26-27,34-35,37,42,44-45,50,56,75-76H,16-23,25,28-33H2,1-5H3,(H,64,65)(H,67,79)(H,68,77)(H,81,82)/p-1/t35-,42+,44-,45+,50-,56+/m0/s1. The van der Waals surface area contributed by atoms with Crippen LogP contribution < -0.4 is 19.9 Å². The van der Waals surface area contributed by atoms with Crippen LogP contribution in [0.2, 0.25) is 0 Å². The zero-order valence-electron chi connectivity index (χ0n) is 47.6. The van der Waals surface area contributed by atoms with Crippen molar-refractivity contribution in [1.82, 2.24) is 45.3 Å². The van der Waals surface area contributed by atoms with Gasteiger partial charge in [-0.2, -0.15) is 0 Å². The number of likely N-dealkylation sites (tertiary alicyclic amines) is 2. The van der Waals surface area contributed by atoms with Gasteiger partial charge in [0.25, 0.3) is 0 Å². The zero-order valence-corrected chi connectivity index (χ0v) is 49.2. The summed E-state index contributed by atoms with van der Waals surface area (Å²) in [4.78, 5) is 76.7. The van der Waals surface area contributed by atoms with Gasteiger partial charge in [0.2, 0.25) is 23.5 Å². The molecule has 0 spiro atoms. The van der Waals surface area contributed by atoms with Gasteiger partial charge in [0.05, 0.1) is 70.8 Å². The number of alkyl halides is 1. The van der Waals surface area contributed by atoms with Crippen molar-refractivity contribution in [3.8, 4) is 21.6 Å². The second-order valence-electron chi connectivity index (χ2n) is 23.6. The number of ketones is 1. The molecule has 3 aromatic carbocycles. The topological polar surface area (TPSA) is 234 Å². The molecular weight excluding hydrogens is 1120 g/mol. The maximum Gasteiger partial charge on any atom is 0.246 e. The molecule has 1 unspecified atom stereocenters. The van der Waals surface area contributed by atoms with E-state index in [2.05, 4.69) is 40.3 Å². The number of thiazole rings is 1. The highest BCUT2D eigenvalue weighted by Crippen LogP contribution is 2.35. The Labute approximate surface area is 492 Å². The molecule has 6 aromatic rings. The Morgan fingerprint density at radius 3 is 2.30 bits per heavy atom. The number of amides is 3.